The van der Waals surface area contributed by atoms with Crippen LogP contribution in [0.15, 0.2) is 40.9 Å². The van der Waals surface area contributed by atoms with Gasteiger partial charge in [0.2, 0.25) is 5.91 Å². The molecule has 7 heteroatoms. The van der Waals surface area contributed by atoms with Crippen molar-refractivity contribution in [1.82, 2.24) is 4.98 Å². The first-order valence-corrected chi connectivity index (χ1v) is 7.19. The van der Waals surface area contributed by atoms with Gasteiger partial charge in [-0.05, 0) is 19.1 Å². The standard InChI is InChI=1S/C14H15N3O3S/c1-10(17-19)12-9-21-14(15-12)16-13(18)7-8-20-11-5-3-2-4-6-11/h2-6,9,19H,7-8H2,1H3,(H,15,16,18). The van der Waals surface area contributed by atoms with Crippen molar-refractivity contribution in [2.75, 3.05) is 11.9 Å². The zero-order valence-electron chi connectivity index (χ0n) is 11.4. The summed E-state index contributed by atoms with van der Waals surface area (Å²) in [7, 11) is 0. The van der Waals surface area contributed by atoms with Gasteiger partial charge in [-0.25, -0.2) is 4.98 Å². The SMILES string of the molecule is CC(=NO)c1csc(NC(=O)CCOc2ccccc2)n1. The second-order valence-corrected chi connectivity index (χ2v) is 5.04. The molecule has 2 N–H and O–H groups in total. The highest BCUT2D eigenvalue weighted by atomic mass is 32.1. The molecule has 0 aliphatic carbocycles. The summed E-state index contributed by atoms with van der Waals surface area (Å²) >= 11 is 1.28. The van der Waals surface area contributed by atoms with Crippen LogP contribution in [-0.2, 0) is 4.79 Å². The minimum Gasteiger partial charge on any atom is -0.493 e. The zero-order valence-corrected chi connectivity index (χ0v) is 12.3. The largest absolute Gasteiger partial charge is 0.493 e. The number of para-hydroxylation sites is 1. The van der Waals surface area contributed by atoms with Crippen LogP contribution in [0, 0.1) is 0 Å². The molecule has 0 atom stereocenters. The van der Waals surface area contributed by atoms with Gasteiger partial charge in [0, 0.05) is 5.38 Å². The fraction of sp³-hybridized carbons (Fsp3) is 0.214. The minimum atomic E-state index is -0.176. The molecular weight excluding hydrogens is 290 g/mol. The number of hydrogen-bond donors (Lipinski definition) is 2. The average molecular weight is 305 g/mol. The lowest BCUT2D eigenvalue weighted by Crippen LogP contribution is -2.15. The Morgan fingerprint density at radius 2 is 2.19 bits per heavy atom. The Bertz CT molecular complexity index is 625. The van der Waals surface area contributed by atoms with Crippen molar-refractivity contribution in [3.05, 3.63) is 41.4 Å². The van der Waals surface area contributed by atoms with Crippen LogP contribution in [0.4, 0.5) is 5.13 Å². The molecule has 0 bridgehead atoms. The van der Waals surface area contributed by atoms with E-state index >= 15 is 0 Å². The lowest BCUT2D eigenvalue weighted by atomic mass is 10.3. The van der Waals surface area contributed by atoms with Gasteiger partial charge in [-0.15, -0.1) is 11.3 Å². The Kier molecular flexibility index (Phi) is 5.28. The molecule has 1 aromatic heterocycles. The first-order chi connectivity index (χ1) is 10.2. The van der Waals surface area contributed by atoms with Crippen LogP contribution in [0.2, 0.25) is 0 Å². The maximum atomic E-state index is 11.7. The second-order valence-electron chi connectivity index (χ2n) is 4.18. The van der Waals surface area contributed by atoms with E-state index in [-0.39, 0.29) is 12.3 Å². The van der Waals surface area contributed by atoms with Crippen molar-refractivity contribution >= 4 is 28.1 Å². The number of rotatable bonds is 6. The molecule has 0 spiro atoms. The Morgan fingerprint density at radius 3 is 2.90 bits per heavy atom. The summed E-state index contributed by atoms with van der Waals surface area (Å²) in [6.07, 6.45) is 0.233. The van der Waals surface area contributed by atoms with E-state index in [4.69, 9.17) is 9.94 Å². The highest BCUT2D eigenvalue weighted by Gasteiger charge is 2.08. The van der Waals surface area contributed by atoms with Crippen LogP contribution in [-0.4, -0.2) is 28.4 Å². The Hall–Kier alpha value is -2.41. The fourth-order valence-corrected chi connectivity index (χ4v) is 2.28. The van der Waals surface area contributed by atoms with Crippen LogP contribution < -0.4 is 10.1 Å². The van der Waals surface area contributed by atoms with Crippen LogP contribution in [0.25, 0.3) is 0 Å². The number of anilines is 1. The van der Waals surface area contributed by atoms with E-state index in [1.165, 1.54) is 11.3 Å². The van der Waals surface area contributed by atoms with E-state index in [1.807, 2.05) is 30.3 Å². The van der Waals surface area contributed by atoms with Crippen LogP contribution in [0.5, 0.6) is 5.75 Å². The third kappa shape index (κ3) is 4.57. The Balaban J connectivity index is 1.78. The molecule has 110 valence electrons. The molecule has 2 rings (SSSR count). The van der Waals surface area contributed by atoms with E-state index in [2.05, 4.69) is 15.5 Å². The number of thiazole rings is 1. The molecule has 0 saturated heterocycles. The van der Waals surface area contributed by atoms with Crippen molar-refractivity contribution < 1.29 is 14.7 Å². The average Bonchev–Trinajstić information content (AvgIpc) is 2.96. The molecule has 0 aliphatic rings. The van der Waals surface area contributed by atoms with Gasteiger partial charge in [0.25, 0.3) is 0 Å². The molecule has 1 heterocycles. The van der Waals surface area contributed by atoms with Crippen molar-refractivity contribution in [2.24, 2.45) is 5.16 Å². The highest BCUT2D eigenvalue weighted by Crippen LogP contribution is 2.16. The molecule has 2 aromatic rings. The summed E-state index contributed by atoms with van der Waals surface area (Å²) in [5.74, 6) is 0.557. The molecule has 0 unspecified atom stereocenters. The van der Waals surface area contributed by atoms with E-state index in [1.54, 1.807) is 12.3 Å². The molecule has 21 heavy (non-hydrogen) atoms. The lowest BCUT2D eigenvalue weighted by molar-refractivity contribution is -0.116. The predicted molar refractivity (Wildman–Crippen MR) is 81.3 cm³/mol. The molecule has 1 amide bonds. The van der Waals surface area contributed by atoms with E-state index in [0.29, 0.717) is 23.1 Å². The minimum absolute atomic E-state index is 0.176. The smallest absolute Gasteiger partial charge is 0.229 e. The number of ether oxygens (including phenoxy) is 1. The number of hydrogen-bond acceptors (Lipinski definition) is 6. The monoisotopic (exact) mass is 305 g/mol. The topological polar surface area (TPSA) is 83.8 Å². The van der Waals surface area contributed by atoms with Gasteiger partial charge in [0.1, 0.15) is 17.2 Å². The van der Waals surface area contributed by atoms with E-state index < -0.39 is 0 Å². The molecule has 1 aromatic carbocycles. The number of oxime groups is 1. The zero-order chi connectivity index (χ0) is 15.1. The first kappa shape index (κ1) is 15.0. The number of benzene rings is 1. The summed E-state index contributed by atoms with van der Waals surface area (Å²) < 4.78 is 5.45. The third-order valence-electron chi connectivity index (χ3n) is 2.61. The summed E-state index contributed by atoms with van der Waals surface area (Å²) in [6.45, 7) is 1.93. The van der Waals surface area contributed by atoms with Crippen LogP contribution in [0.3, 0.4) is 0 Å². The molecule has 0 fully saturated rings. The predicted octanol–water partition coefficient (Wildman–Crippen LogP) is 2.75. The van der Waals surface area contributed by atoms with Gasteiger partial charge in [0.15, 0.2) is 5.13 Å². The number of carbonyl (C=O) groups excluding carboxylic acids is 1. The quantitative estimate of drug-likeness (QED) is 0.488. The highest BCUT2D eigenvalue weighted by molar-refractivity contribution is 7.14. The Morgan fingerprint density at radius 1 is 1.43 bits per heavy atom. The van der Waals surface area contributed by atoms with Gasteiger partial charge in [-0.3, -0.25) is 4.79 Å². The van der Waals surface area contributed by atoms with Crippen molar-refractivity contribution in [1.29, 1.82) is 0 Å². The maximum Gasteiger partial charge on any atom is 0.229 e. The molecule has 0 radical (unpaired) electrons. The number of nitrogens with one attached hydrogen (secondary N) is 1. The lowest BCUT2D eigenvalue weighted by Gasteiger charge is -2.05. The van der Waals surface area contributed by atoms with Crippen molar-refractivity contribution in [3.8, 4) is 5.75 Å². The van der Waals surface area contributed by atoms with Crippen LogP contribution in [0.1, 0.15) is 19.0 Å². The third-order valence-corrected chi connectivity index (χ3v) is 3.37. The van der Waals surface area contributed by atoms with Gasteiger partial charge in [0.05, 0.1) is 13.0 Å². The first-order valence-electron chi connectivity index (χ1n) is 6.31. The summed E-state index contributed by atoms with van der Waals surface area (Å²) in [5, 5.41) is 16.6. The summed E-state index contributed by atoms with van der Waals surface area (Å²) in [6, 6.07) is 9.32. The fourth-order valence-electron chi connectivity index (χ4n) is 1.51. The van der Waals surface area contributed by atoms with Crippen LogP contribution >= 0.6 is 11.3 Å². The van der Waals surface area contributed by atoms with Crippen molar-refractivity contribution in [2.45, 2.75) is 13.3 Å². The molecule has 6 nitrogen and oxygen atoms in total. The van der Waals surface area contributed by atoms with E-state index in [0.717, 1.165) is 5.75 Å². The number of aromatic nitrogens is 1. The van der Waals surface area contributed by atoms with Crippen molar-refractivity contribution in [3.63, 3.8) is 0 Å². The van der Waals surface area contributed by atoms with Gasteiger partial charge < -0.3 is 15.3 Å². The second kappa shape index (κ2) is 7.39. The Labute approximate surface area is 126 Å². The normalized spacial score (nSPS) is 11.2. The maximum absolute atomic E-state index is 11.7. The number of nitrogens with zero attached hydrogens (tertiary/aromatic N) is 2. The van der Waals surface area contributed by atoms with Gasteiger partial charge in [-0.1, -0.05) is 23.4 Å². The number of carbonyl (C=O) groups is 1. The molecule has 0 saturated carbocycles. The van der Waals surface area contributed by atoms with Gasteiger partial charge in [-0.2, -0.15) is 0 Å². The summed E-state index contributed by atoms with van der Waals surface area (Å²) in [4.78, 5) is 15.9. The summed E-state index contributed by atoms with van der Waals surface area (Å²) in [5.41, 5.74) is 0.942. The van der Waals surface area contributed by atoms with Gasteiger partial charge >= 0.3 is 0 Å². The number of amides is 1. The molecular formula is C14H15N3O3S. The molecule has 0 aliphatic heterocycles. The van der Waals surface area contributed by atoms with E-state index in [9.17, 15) is 4.79 Å².